The van der Waals surface area contributed by atoms with Crippen molar-refractivity contribution in [2.45, 2.75) is 13.8 Å². The molecule has 1 rings (SSSR count). The van der Waals surface area contributed by atoms with Gasteiger partial charge in [-0.15, -0.1) is 0 Å². The molecule has 0 aliphatic carbocycles. The van der Waals surface area contributed by atoms with Crippen LogP contribution in [-0.2, 0) is 4.79 Å². The quantitative estimate of drug-likeness (QED) is 0.635. The van der Waals surface area contributed by atoms with Crippen LogP contribution in [0.1, 0.15) is 13.8 Å². The number of nitrogens with zero attached hydrogens (tertiary/aromatic N) is 1. The first-order valence-corrected chi connectivity index (χ1v) is 4.88. The van der Waals surface area contributed by atoms with Crippen LogP contribution in [-0.4, -0.2) is 37.0 Å². The van der Waals surface area contributed by atoms with Gasteiger partial charge in [-0.25, -0.2) is 0 Å². The number of hydrogen-bond donors (Lipinski definition) is 1. The number of nitrogens with one attached hydrogen (secondary N) is 1. The van der Waals surface area contributed by atoms with Gasteiger partial charge < -0.3 is 10.2 Å². The van der Waals surface area contributed by atoms with Crippen LogP contribution in [0.3, 0.4) is 0 Å². The Kier molecular flexibility index (Phi) is 3.96. The van der Waals surface area contributed by atoms with E-state index in [1.165, 1.54) is 0 Å². The molecule has 13 heavy (non-hydrogen) atoms. The summed E-state index contributed by atoms with van der Waals surface area (Å²) in [5.74, 6) is 0.280. The van der Waals surface area contributed by atoms with Gasteiger partial charge in [0.05, 0.1) is 5.92 Å². The molecule has 1 unspecified atom stereocenters. The number of carbonyl (C=O) groups is 1. The van der Waals surface area contributed by atoms with E-state index >= 15 is 0 Å². The second-order valence-corrected chi connectivity index (χ2v) is 3.39. The Labute approximate surface area is 79.8 Å². The van der Waals surface area contributed by atoms with E-state index in [4.69, 9.17) is 0 Å². The molecule has 3 nitrogen and oxygen atoms in total. The van der Waals surface area contributed by atoms with Crippen molar-refractivity contribution in [2.24, 2.45) is 5.92 Å². The highest BCUT2D eigenvalue weighted by Crippen LogP contribution is 2.05. The zero-order valence-corrected chi connectivity index (χ0v) is 8.42. The Morgan fingerprint density at radius 3 is 2.62 bits per heavy atom. The molecular weight excluding hydrogens is 164 g/mol. The Bertz CT molecular complexity index is 195. The summed E-state index contributed by atoms with van der Waals surface area (Å²) < 4.78 is 0. The number of piperazine rings is 1. The van der Waals surface area contributed by atoms with E-state index in [-0.39, 0.29) is 11.8 Å². The van der Waals surface area contributed by atoms with Gasteiger partial charge >= 0.3 is 0 Å². The van der Waals surface area contributed by atoms with E-state index in [9.17, 15) is 4.79 Å². The average Bonchev–Trinajstić information content (AvgIpc) is 2.18. The lowest BCUT2D eigenvalue weighted by Gasteiger charge is -2.29. The van der Waals surface area contributed by atoms with E-state index in [2.05, 4.69) is 5.32 Å². The fourth-order valence-corrected chi connectivity index (χ4v) is 1.54. The molecule has 1 fully saturated rings. The number of amides is 1. The van der Waals surface area contributed by atoms with Gasteiger partial charge in [-0.05, 0) is 6.92 Å². The SMILES string of the molecule is C/C=C\C(C)C(=O)N1CCNCC1. The second-order valence-electron chi connectivity index (χ2n) is 3.39. The lowest BCUT2D eigenvalue weighted by atomic mass is 10.1. The summed E-state index contributed by atoms with van der Waals surface area (Å²) in [5.41, 5.74) is 0. The van der Waals surface area contributed by atoms with E-state index in [1.54, 1.807) is 0 Å². The topological polar surface area (TPSA) is 32.3 Å². The summed E-state index contributed by atoms with van der Waals surface area (Å²) in [5, 5.41) is 3.23. The summed E-state index contributed by atoms with van der Waals surface area (Å²) in [6.45, 7) is 7.44. The molecule has 1 aliphatic rings. The fourth-order valence-electron chi connectivity index (χ4n) is 1.54. The zero-order chi connectivity index (χ0) is 9.68. The maximum atomic E-state index is 11.7. The molecule has 0 aromatic heterocycles. The van der Waals surface area contributed by atoms with Crippen LogP contribution in [0.25, 0.3) is 0 Å². The summed E-state index contributed by atoms with van der Waals surface area (Å²) >= 11 is 0. The van der Waals surface area contributed by atoms with Gasteiger partial charge in [-0.1, -0.05) is 19.1 Å². The molecule has 0 radical (unpaired) electrons. The third-order valence-electron chi connectivity index (χ3n) is 2.30. The molecule has 74 valence electrons. The van der Waals surface area contributed by atoms with E-state index < -0.39 is 0 Å². The molecule has 0 spiro atoms. The molecule has 1 saturated heterocycles. The van der Waals surface area contributed by atoms with Gasteiger partial charge in [0.25, 0.3) is 0 Å². The van der Waals surface area contributed by atoms with Crippen molar-refractivity contribution in [1.29, 1.82) is 0 Å². The molecule has 0 aromatic carbocycles. The predicted molar refractivity (Wildman–Crippen MR) is 53.4 cm³/mol. The van der Waals surface area contributed by atoms with Crippen LogP contribution in [0, 0.1) is 5.92 Å². The van der Waals surface area contributed by atoms with E-state index in [0.717, 1.165) is 26.2 Å². The molecule has 1 N–H and O–H groups in total. The molecule has 1 amide bonds. The summed E-state index contributed by atoms with van der Waals surface area (Å²) in [4.78, 5) is 13.7. The zero-order valence-electron chi connectivity index (χ0n) is 8.42. The summed E-state index contributed by atoms with van der Waals surface area (Å²) in [6.07, 6.45) is 3.88. The average molecular weight is 182 g/mol. The van der Waals surface area contributed by atoms with Crippen molar-refractivity contribution < 1.29 is 4.79 Å². The highest BCUT2D eigenvalue weighted by atomic mass is 16.2. The second kappa shape index (κ2) is 5.02. The van der Waals surface area contributed by atoms with Crippen molar-refractivity contribution in [3.05, 3.63) is 12.2 Å². The van der Waals surface area contributed by atoms with Gasteiger partial charge in [0.15, 0.2) is 0 Å². The Hall–Kier alpha value is -0.830. The highest BCUT2D eigenvalue weighted by molar-refractivity contribution is 5.80. The largest absolute Gasteiger partial charge is 0.340 e. The number of rotatable bonds is 2. The van der Waals surface area contributed by atoms with Crippen LogP contribution in [0.15, 0.2) is 12.2 Å². The molecule has 1 aliphatic heterocycles. The summed E-state index contributed by atoms with van der Waals surface area (Å²) in [7, 11) is 0. The number of allylic oxidation sites excluding steroid dienone is 1. The van der Waals surface area contributed by atoms with Crippen LogP contribution < -0.4 is 5.32 Å². The van der Waals surface area contributed by atoms with Crippen molar-refractivity contribution in [3.8, 4) is 0 Å². The highest BCUT2D eigenvalue weighted by Gasteiger charge is 2.19. The van der Waals surface area contributed by atoms with Crippen LogP contribution in [0.4, 0.5) is 0 Å². The predicted octanol–water partition coefficient (Wildman–Crippen LogP) is 0.630. The lowest BCUT2D eigenvalue weighted by molar-refractivity contribution is -0.134. The van der Waals surface area contributed by atoms with Crippen molar-refractivity contribution in [1.82, 2.24) is 10.2 Å². The summed E-state index contributed by atoms with van der Waals surface area (Å²) in [6, 6.07) is 0. The molecule has 1 atom stereocenters. The minimum atomic E-state index is 0.0306. The van der Waals surface area contributed by atoms with Gasteiger partial charge in [-0.3, -0.25) is 4.79 Å². The Morgan fingerprint density at radius 1 is 1.46 bits per heavy atom. The number of carbonyl (C=O) groups excluding carboxylic acids is 1. The first-order valence-electron chi connectivity index (χ1n) is 4.88. The van der Waals surface area contributed by atoms with E-state index in [0.29, 0.717) is 0 Å². The van der Waals surface area contributed by atoms with Crippen LogP contribution in [0.5, 0.6) is 0 Å². The van der Waals surface area contributed by atoms with Gasteiger partial charge in [0.1, 0.15) is 0 Å². The van der Waals surface area contributed by atoms with Gasteiger partial charge in [-0.2, -0.15) is 0 Å². The minimum absolute atomic E-state index is 0.0306. The maximum absolute atomic E-state index is 11.7. The van der Waals surface area contributed by atoms with Crippen molar-refractivity contribution in [2.75, 3.05) is 26.2 Å². The molecule has 0 aromatic rings. The van der Waals surface area contributed by atoms with Crippen molar-refractivity contribution >= 4 is 5.91 Å². The smallest absolute Gasteiger partial charge is 0.229 e. The molecule has 3 heteroatoms. The van der Waals surface area contributed by atoms with Gasteiger partial charge in [0, 0.05) is 26.2 Å². The van der Waals surface area contributed by atoms with Gasteiger partial charge in [0.2, 0.25) is 5.91 Å². The molecule has 1 heterocycles. The first-order chi connectivity index (χ1) is 6.25. The molecular formula is C10H18N2O. The molecule has 0 saturated carbocycles. The maximum Gasteiger partial charge on any atom is 0.229 e. The molecule has 0 bridgehead atoms. The third kappa shape index (κ3) is 2.84. The third-order valence-corrected chi connectivity index (χ3v) is 2.30. The first kappa shape index (κ1) is 10.3. The Balaban J connectivity index is 2.45. The normalized spacial score (nSPS) is 20.6. The van der Waals surface area contributed by atoms with E-state index in [1.807, 2.05) is 30.9 Å². The standard InChI is InChI=1S/C10H18N2O/c1-3-4-9(2)10(13)12-7-5-11-6-8-12/h3-4,9,11H,5-8H2,1-2H3/b4-3-. The van der Waals surface area contributed by atoms with Crippen LogP contribution >= 0.6 is 0 Å². The minimum Gasteiger partial charge on any atom is -0.340 e. The monoisotopic (exact) mass is 182 g/mol. The lowest BCUT2D eigenvalue weighted by Crippen LogP contribution is -2.47. The fraction of sp³-hybridized carbons (Fsp3) is 0.700. The van der Waals surface area contributed by atoms with Crippen molar-refractivity contribution in [3.63, 3.8) is 0 Å². The number of hydrogen-bond acceptors (Lipinski definition) is 2. The van der Waals surface area contributed by atoms with Crippen LogP contribution in [0.2, 0.25) is 0 Å². The Morgan fingerprint density at radius 2 is 2.08 bits per heavy atom.